The van der Waals surface area contributed by atoms with Crippen molar-refractivity contribution < 1.29 is 4.79 Å². The molecule has 0 bridgehead atoms. The summed E-state index contributed by atoms with van der Waals surface area (Å²) in [6, 6.07) is 18.2. The lowest BCUT2D eigenvalue weighted by Crippen LogP contribution is -2.26. The highest BCUT2D eigenvalue weighted by Crippen LogP contribution is 2.32. The van der Waals surface area contributed by atoms with E-state index in [9.17, 15) is 4.79 Å². The van der Waals surface area contributed by atoms with Crippen LogP contribution >= 0.6 is 11.3 Å². The highest BCUT2D eigenvalue weighted by atomic mass is 32.1. The largest absolute Gasteiger partial charge is 0.311 e. The van der Waals surface area contributed by atoms with Gasteiger partial charge in [0.05, 0.1) is 5.69 Å². The molecule has 2 aromatic carbocycles. The first-order valence-corrected chi connectivity index (χ1v) is 8.43. The number of rotatable bonds is 3. The standard InChI is InChI=1S/C20H19NOS/c1-14-9-10-18(15(2)11-14)20(22)21(3)17-12-19(23-13-17)16-7-5-4-6-8-16/h4-13H,1-3H3. The van der Waals surface area contributed by atoms with Crippen molar-refractivity contribution in [3.63, 3.8) is 0 Å². The molecule has 3 rings (SSSR count). The molecule has 0 N–H and O–H groups in total. The first kappa shape index (κ1) is 15.5. The Morgan fingerprint density at radius 2 is 1.74 bits per heavy atom. The predicted molar refractivity (Wildman–Crippen MR) is 98.4 cm³/mol. The monoisotopic (exact) mass is 321 g/mol. The zero-order valence-corrected chi connectivity index (χ0v) is 14.4. The Kier molecular flexibility index (Phi) is 4.30. The van der Waals surface area contributed by atoms with Crippen molar-refractivity contribution in [1.82, 2.24) is 0 Å². The second-order valence-corrected chi connectivity index (χ2v) is 6.63. The predicted octanol–water partition coefficient (Wildman–Crippen LogP) is 5.31. The highest BCUT2D eigenvalue weighted by molar-refractivity contribution is 7.14. The molecule has 0 aliphatic rings. The molecule has 116 valence electrons. The maximum atomic E-state index is 12.8. The number of carbonyl (C=O) groups is 1. The fourth-order valence-electron chi connectivity index (χ4n) is 2.61. The number of carbonyl (C=O) groups excluding carboxylic acids is 1. The van der Waals surface area contributed by atoms with Gasteiger partial charge in [-0.25, -0.2) is 0 Å². The Labute approximate surface area is 141 Å². The zero-order valence-electron chi connectivity index (χ0n) is 13.5. The Bertz CT molecular complexity index is 836. The fraction of sp³-hybridized carbons (Fsp3) is 0.150. The summed E-state index contributed by atoms with van der Waals surface area (Å²) >= 11 is 1.66. The van der Waals surface area contributed by atoms with Crippen LogP contribution in [-0.2, 0) is 0 Å². The summed E-state index contributed by atoms with van der Waals surface area (Å²) in [7, 11) is 1.83. The normalized spacial score (nSPS) is 10.6. The van der Waals surface area contributed by atoms with Crippen LogP contribution in [0.15, 0.2) is 60.0 Å². The summed E-state index contributed by atoms with van der Waals surface area (Å²) in [6.45, 7) is 4.02. The third-order valence-corrected chi connectivity index (χ3v) is 4.92. The van der Waals surface area contributed by atoms with Gasteiger partial charge in [0.1, 0.15) is 0 Å². The van der Waals surface area contributed by atoms with Gasteiger partial charge in [-0.2, -0.15) is 0 Å². The maximum Gasteiger partial charge on any atom is 0.258 e. The molecule has 3 heteroatoms. The molecule has 2 nitrogen and oxygen atoms in total. The fourth-order valence-corrected chi connectivity index (χ4v) is 3.54. The van der Waals surface area contributed by atoms with Crippen molar-refractivity contribution in [1.29, 1.82) is 0 Å². The molecule has 0 aliphatic heterocycles. The minimum atomic E-state index is 0.0277. The molecule has 0 atom stereocenters. The van der Waals surface area contributed by atoms with Gasteiger partial charge in [0.15, 0.2) is 0 Å². The van der Waals surface area contributed by atoms with Crippen LogP contribution in [0.2, 0.25) is 0 Å². The smallest absolute Gasteiger partial charge is 0.258 e. The van der Waals surface area contributed by atoms with Crippen molar-refractivity contribution in [3.8, 4) is 10.4 Å². The molecule has 0 radical (unpaired) electrons. The molecular weight excluding hydrogens is 302 g/mol. The third kappa shape index (κ3) is 3.20. The van der Waals surface area contributed by atoms with E-state index in [1.54, 1.807) is 16.2 Å². The SMILES string of the molecule is Cc1ccc(C(=O)N(C)c2csc(-c3ccccc3)c2)c(C)c1. The Morgan fingerprint density at radius 1 is 1.00 bits per heavy atom. The van der Waals surface area contributed by atoms with Gasteiger partial charge in [0.2, 0.25) is 0 Å². The zero-order chi connectivity index (χ0) is 16.4. The van der Waals surface area contributed by atoms with E-state index in [0.717, 1.165) is 16.8 Å². The van der Waals surface area contributed by atoms with Gasteiger partial charge < -0.3 is 4.90 Å². The summed E-state index contributed by atoms with van der Waals surface area (Å²) in [5, 5.41) is 2.03. The molecule has 1 aromatic heterocycles. The van der Waals surface area contributed by atoms with E-state index in [2.05, 4.69) is 18.2 Å². The van der Waals surface area contributed by atoms with Crippen molar-refractivity contribution in [2.75, 3.05) is 11.9 Å². The topological polar surface area (TPSA) is 20.3 Å². The number of thiophene rings is 1. The molecule has 0 unspecified atom stereocenters. The highest BCUT2D eigenvalue weighted by Gasteiger charge is 2.17. The lowest BCUT2D eigenvalue weighted by molar-refractivity contribution is 0.0992. The van der Waals surface area contributed by atoms with Gasteiger partial charge in [0, 0.05) is 22.9 Å². The lowest BCUT2D eigenvalue weighted by Gasteiger charge is -2.17. The summed E-state index contributed by atoms with van der Waals surface area (Å²) in [4.78, 5) is 15.6. The lowest BCUT2D eigenvalue weighted by atomic mass is 10.0. The van der Waals surface area contributed by atoms with Crippen LogP contribution in [0.3, 0.4) is 0 Å². The summed E-state index contributed by atoms with van der Waals surface area (Å²) in [5.74, 6) is 0.0277. The van der Waals surface area contributed by atoms with Crippen LogP contribution < -0.4 is 4.90 Å². The Hall–Kier alpha value is -2.39. The molecule has 0 spiro atoms. The Balaban J connectivity index is 1.87. The van der Waals surface area contributed by atoms with E-state index in [1.165, 1.54) is 16.0 Å². The summed E-state index contributed by atoms with van der Waals surface area (Å²) in [6.07, 6.45) is 0. The van der Waals surface area contributed by atoms with E-state index < -0.39 is 0 Å². The van der Waals surface area contributed by atoms with Crippen LogP contribution in [-0.4, -0.2) is 13.0 Å². The van der Waals surface area contributed by atoms with Crippen molar-refractivity contribution >= 4 is 22.9 Å². The summed E-state index contributed by atoms with van der Waals surface area (Å²) < 4.78 is 0. The number of amides is 1. The number of nitrogens with zero attached hydrogens (tertiary/aromatic N) is 1. The van der Waals surface area contributed by atoms with Crippen LogP contribution in [0.1, 0.15) is 21.5 Å². The van der Waals surface area contributed by atoms with Crippen molar-refractivity contribution in [2.24, 2.45) is 0 Å². The molecule has 0 fully saturated rings. The molecule has 0 saturated carbocycles. The number of aryl methyl sites for hydroxylation is 2. The number of benzene rings is 2. The third-order valence-electron chi connectivity index (χ3n) is 3.95. The van der Waals surface area contributed by atoms with E-state index in [0.29, 0.717) is 0 Å². The maximum absolute atomic E-state index is 12.8. The van der Waals surface area contributed by atoms with Gasteiger partial charge in [0.25, 0.3) is 5.91 Å². The van der Waals surface area contributed by atoms with E-state index in [1.807, 2.05) is 62.7 Å². The first-order valence-electron chi connectivity index (χ1n) is 7.55. The van der Waals surface area contributed by atoms with Crippen LogP contribution in [0.4, 0.5) is 5.69 Å². The second kappa shape index (κ2) is 6.39. The minimum Gasteiger partial charge on any atom is -0.311 e. The first-order chi connectivity index (χ1) is 11.1. The van der Waals surface area contributed by atoms with Gasteiger partial charge in [-0.15, -0.1) is 11.3 Å². The summed E-state index contributed by atoms with van der Waals surface area (Å²) in [5.41, 5.74) is 5.05. The van der Waals surface area contributed by atoms with Gasteiger partial charge >= 0.3 is 0 Å². The molecule has 3 aromatic rings. The van der Waals surface area contributed by atoms with E-state index in [-0.39, 0.29) is 5.91 Å². The number of hydrogen-bond acceptors (Lipinski definition) is 2. The van der Waals surface area contributed by atoms with Gasteiger partial charge in [-0.05, 0) is 37.1 Å². The van der Waals surface area contributed by atoms with E-state index in [4.69, 9.17) is 0 Å². The molecule has 0 aliphatic carbocycles. The van der Waals surface area contributed by atoms with Crippen LogP contribution in [0.25, 0.3) is 10.4 Å². The minimum absolute atomic E-state index is 0.0277. The number of hydrogen-bond donors (Lipinski definition) is 0. The molecule has 1 amide bonds. The second-order valence-electron chi connectivity index (χ2n) is 5.72. The Morgan fingerprint density at radius 3 is 2.43 bits per heavy atom. The molecule has 23 heavy (non-hydrogen) atoms. The molecule has 1 heterocycles. The van der Waals surface area contributed by atoms with E-state index >= 15 is 0 Å². The van der Waals surface area contributed by atoms with Crippen LogP contribution in [0, 0.1) is 13.8 Å². The van der Waals surface area contributed by atoms with Crippen LogP contribution in [0.5, 0.6) is 0 Å². The molecular formula is C20H19NOS. The average molecular weight is 321 g/mol. The molecule has 0 saturated heterocycles. The quantitative estimate of drug-likeness (QED) is 0.640. The average Bonchev–Trinajstić information content (AvgIpc) is 3.04. The van der Waals surface area contributed by atoms with Crippen molar-refractivity contribution in [2.45, 2.75) is 13.8 Å². The van der Waals surface area contributed by atoms with Gasteiger partial charge in [-0.3, -0.25) is 4.79 Å². The van der Waals surface area contributed by atoms with Gasteiger partial charge in [-0.1, -0.05) is 48.0 Å². The van der Waals surface area contributed by atoms with Crippen molar-refractivity contribution in [3.05, 3.63) is 76.7 Å². The number of anilines is 1.